The highest BCUT2D eigenvalue weighted by molar-refractivity contribution is 6.05. The molecule has 1 aliphatic heterocycles. The zero-order valence-corrected chi connectivity index (χ0v) is 10.5. The maximum Gasteiger partial charge on any atom is 0.230 e. The van der Waals surface area contributed by atoms with Crippen LogP contribution >= 0.6 is 0 Å². The van der Waals surface area contributed by atoms with Crippen LogP contribution in [0, 0.1) is 11.8 Å². The minimum atomic E-state index is -0.103. The van der Waals surface area contributed by atoms with Crippen molar-refractivity contribution in [2.24, 2.45) is 11.8 Å². The molecule has 0 bridgehead atoms. The van der Waals surface area contributed by atoms with E-state index in [2.05, 4.69) is 31.3 Å². The van der Waals surface area contributed by atoms with E-state index < -0.39 is 0 Å². The van der Waals surface area contributed by atoms with Crippen LogP contribution in [-0.2, 0) is 9.59 Å². The molecule has 2 fully saturated rings. The monoisotopic (exact) mass is 233 g/mol. The number of carbonyl (C=O) groups is 2. The number of nitrogens with one attached hydrogen (secondary N) is 1. The molecule has 17 heavy (non-hydrogen) atoms. The molecule has 1 N–H and O–H groups in total. The number of fused-ring (bicyclic) bond motifs is 1. The number of hydrogen-bond donors (Lipinski definition) is 1. The molecule has 1 aliphatic carbocycles. The quantitative estimate of drug-likeness (QED) is 0.588. The van der Waals surface area contributed by atoms with Gasteiger partial charge in [-0.15, -0.1) is 0 Å². The van der Waals surface area contributed by atoms with Gasteiger partial charge in [-0.3, -0.25) is 14.9 Å². The Labute approximate surface area is 102 Å². The van der Waals surface area contributed by atoms with Gasteiger partial charge in [0.2, 0.25) is 11.8 Å². The van der Waals surface area contributed by atoms with Gasteiger partial charge in [0.15, 0.2) is 0 Å². The Balaban J connectivity index is 2.00. The van der Waals surface area contributed by atoms with E-state index in [1.165, 1.54) is 11.1 Å². The molecule has 2 amide bonds. The third kappa shape index (κ3) is 2.65. The first-order chi connectivity index (χ1) is 8.08. The van der Waals surface area contributed by atoms with E-state index in [9.17, 15) is 9.59 Å². The average Bonchev–Trinajstić information content (AvgIpc) is 2.54. The predicted molar refractivity (Wildman–Crippen MR) is 66.1 cm³/mol. The second kappa shape index (κ2) is 4.86. The molecule has 3 nitrogen and oxygen atoms in total. The lowest BCUT2D eigenvalue weighted by molar-refractivity contribution is -0.126. The number of amides is 2. The molecule has 1 saturated heterocycles. The summed E-state index contributed by atoms with van der Waals surface area (Å²) in [7, 11) is 0. The lowest BCUT2D eigenvalue weighted by Gasteiger charge is -2.23. The van der Waals surface area contributed by atoms with Crippen molar-refractivity contribution in [2.45, 2.75) is 39.5 Å². The van der Waals surface area contributed by atoms with E-state index in [0.29, 0.717) is 0 Å². The van der Waals surface area contributed by atoms with Gasteiger partial charge in [-0.2, -0.15) is 0 Å². The Bertz CT molecular complexity index is 402. The Hall–Kier alpha value is -1.38. The van der Waals surface area contributed by atoms with E-state index in [0.717, 1.165) is 25.7 Å². The summed E-state index contributed by atoms with van der Waals surface area (Å²) in [5, 5.41) is 2.44. The second-order valence-electron chi connectivity index (χ2n) is 5.19. The summed E-state index contributed by atoms with van der Waals surface area (Å²) in [6, 6.07) is 0. The van der Waals surface area contributed by atoms with Gasteiger partial charge in [0.05, 0.1) is 11.8 Å². The highest BCUT2D eigenvalue weighted by atomic mass is 16.2. The fourth-order valence-corrected chi connectivity index (χ4v) is 2.61. The molecule has 92 valence electrons. The summed E-state index contributed by atoms with van der Waals surface area (Å²) >= 11 is 0. The van der Waals surface area contributed by atoms with Gasteiger partial charge in [0.1, 0.15) is 0 Å². The SMILES string of the molecule is CC(C)=CC/C=C1\CC[C@H]2C(=O)NC(=O)[C@H]2C1. The summed E-state index contributed by atoms with van der Waals surface area (Å²) < 4.78 is 0. The number of hydrogen-bond acceptors (Lipinski definition) is 2. The molecular weight excluding hydrogens is 214 g/mol. The minimum Gasteiger partial charge on any atom is -0.296 e. The van der Waals surface area contributed by atoms with E-state index in [1.807, 2.05) is 0 Å². The fraction of sp³-hybridized carbons (Fsp3) is 0.571. The first-order valence-electron chi connectivity index (χ1n) is 6.24. The van der Waals surface area contributed by atoms with Gasteiger partial charge in [-0.1, -0.05) is 23.3 Å². The van der Waals surface area contributed by atoms with E-state index in [4.69, 9.17) is 0 Å². The Morgan fingerprint density at radius 1 is 1.29 bits per heavy atom. The van der Waals surface area contributed by atoms with Crippen molar-refractivity contribution in [3.8, 4) is 0 Å². The molecule has 0 radical (unpaired) electrons. The van der Waals surface area contributed by atoms with Gasteiger partial charge >= 0.3 is 0 Å². The van der Waals surface area contributed by atoms with Crippen LogP contribution in [0.4, 0.5) is 0 Å². The molecule has 1 heterocycles. The summed E-state index contributed by atoms with van der Waals surface area (Å²) in [5.74, 6) is -0.312. The average molecular weight is 233 g/mol. The lowest BCUT2D eigenvalue weighted by Crippen LogP contribution is -2.23. The van der Waals surface area contributed by atoms with Crippen molar-refractivity contribution in [1.82, 2.24) is 5.32 Å². The Kier molecular flexibility index (Phi) is 3.46. The van der Waals surface area contributed by atoms with Crippen LogP contribution in [0.1, 0.15) is 39.5 Å². The van der Waals surface area contributed by atoms with Crippen LogP contribution < -0.4 is 5.32 Å². The smallest absolute Gasteiger partial charge is 0.230 e. The van der Waals surface area contributed by atoms with Crippen molar-refractivity contribution in [1.29, 1.82) is 0 Å². The van der Waals surface area contributed by atoms with Gasteiger partial charge < -0.3 is 0 Å². The Morgan fingerprint density at radius 3 is 2.71 bits per heavy atom. The van der Waals surface area contributed by atoms with Crippen LogP contribution in [0.25, 0.3) is 0 Å². The molecule has 0 aromatic heterocycles. The highest BCUT2D eigenvalue weighted by Crippen LogP contribution is 2.37. The highest BCUT2D eigenvalue weighted by Gasteiger charge is 2.43. The fourth-order valence-electron chi connectivity index (χ4n) is 2.61. The molecule has 2 rings (SSSR count). The summed E-state index contributed by atoms with van der Waals surface area (Å²) in [4.78, 5) is 23.0. The predicted octanol–water partition coefficient (Wildman–Crippen LogP) is 2.34. The van der Waals surface area contributed by atoms with E-state index >= 15 is 0 Å². The van der Waals surface area contributed by atoms with Gasteiger partial charge in [-0.05, 0) is 39.5 Å². The number of rotatable bonds is 2. The minimum absolute atomic E-state index is 0.0663. The normalized spacial score (nSPS) is 30.1. The van der Waals surface area contributed by atoms with Crippen molar-refractivity contribution in [3.63, 3.8) is 0 Å². The maximum absolute atomic E-state index is 11.6. The zero-order chi connectivity index (χ0) is 12.4. The topological polar surface area (TPSA) is 46.2 Å². The van der Waals surface area contributed by atoms with Crippen molar-refractivity contribution < 1.29 is 9.59 Å². The molecule has 0 aromatic carbocycles. The molecule has 0 aromatic rings. The van der Waals surface area contributed by atoms with Crippen molar-refractivity contribution in [2.75, 3.05) is 0 Å². The van der Waals surface area contributed by atoms with Gasteiger partial charge in [0.25, 0.3) is 0 Å². The number of carbonyl (C=O) groups excluding carboxylic acids is 2. The largest absolute Gasteiger partial charge is 0.296 e. The standard InChI is InChI=1S/C14H19NO2/c1-9(2)4-3-5-10-6-7-11-12(8-10)14(17)15-13(11)16/h4-5,11-12H,3,6-8H2,1-2H3,(H,15,16,17)/b10-5+/t11-,12+/m1/s1. The zero-order valence-electron chi connectivity index (χ0n) is 10.5. The van der Waals surface area contributed by atoms with Gasteiger partial charge in [-0.25, -0.2) is 0 Å². The van der Waals surface area contributed by atoms with Gasteiger partial charge in [0, 0.05) is 0 Å². The molecular formula is C14H19NO2. The van der Waals surface area contributed by atoms with Crippen molar-refractivity contribution in [3.05, 3.63) is 23.3 Å². The first-order valence-corrected chi connectivity index (χ1v) is 6.24. The van der Waals surface area contributed by atoms with Crippen molar-refractivity contribution >= 4 is 11.8 Å². The summed E-state index contributed by atoms with van der Waals surface area (Å²) in [5.41, 5.74) is 2.64. The van der Waals surface area contributed by atoms with Crippen LogP contribution in [-0.4, -0.2) is 11.8 Å². The lowest BCUT2D eigenvalue weighted by atomic mass is 9.78. The molecule has 0 unspecified atom stereocenters. The van der Waals surface area contributed by atoms with E-state index in [-0.39, 0.29) is 23.7 Å². The maximum atomic E-state index is 11.6. The molecule has 2 atom stereocenters. The van der Waals surface area contributed by atoms with Crippen LogP contribution in [0.3, 0.4) is 0 Å². The number of allylic oxidation sites excluding steroid dienone is 4. The molecule has 2 aliphatic rings. The van der Waals surface area contributed by atoms with Crippen LogP contribution in [0.15, 0.2) is 23.3 Å². The third-order valence-electron chi connectivity index (χ3n) is 3.60. The first kappa shape index (κ1) is 12.1. The molecule has 0 spiro atoms. The number of imide groups is 1. The van der Waals surface area contributed by atoms with E-state index in [1.54, 1.807) is 0 Å². The second-order valence-corrected chi connectivity index (χ2v) is 5.19. The van der Waals surface area contributed by atoms with Crippen LogP contribution in [0.5, 0.6) is 0 Å². The summed E-state index contributed by atoms with van der Waals surface area (Å²) in [6.07, 6.45) is 7.86. The third-order valence-corrected chi connectivity index (χ3v) is 3.60. The molecule has 1 saturated carbocycles. The summed E-state index contributed by atoms with van der Waals surface area (Å²) in [6.45, 7) is 4.16. The molecule has 3 heteroatoms. The Morgan fingerprint density at radius 2 is 2.00 bits per heavy atom. The van der Waals surface area contributed by atoms with Crippen LogP contribution in [0.2, 0.25) is 0 Å².